The Morgan fingerprint density at radius 1 is 1.48 bits per heavy atom. The van der Waals surface area contributed by atoms with E-state index in [1.807, 2.05) is 32.9 Å². The number of aromatic nitrogens is 3. The Labute approximate surface area is 136 Å². The Morgan fingerprint density at radius 3 is 2.78 bits per heavy atom. The lowest BCUT2D eigenvalue weighted by Crippen LogP contribution is -2.45. The standard InChI is InChI=1S/C17H24N4O2/c1-5-13(3)17(4,23)9-19-16(22)15-7-6-14(8-12(15)2)21-11-18-10-20-21/h6-8,10-11,13,23H,5,9H2,1-4H3,(H,19,22). The Hall–Kier alpha value is -2.21. The molecule has 0 aliphatic heterocycles. The number of aliphatic hydroxyl groups is 1. The predicted octanol–water partition coefficient (Wildman–Crippen LogP) is 2.10. The van der Waals surface area contributed by atoms with Crippen LogP contribution in [-0.4, -0.2) is 37.9 Å². The van der Waals surface area contributed by atoms with E-state index in [0.29, 0.717) is 5.56 Å². The molecule has 0 bridgehead atoms. The Bertz CT molecular complexity index is 665. The van der Waals surface area contributed by atoms with Gasteiger partial charge in [-0.05, 0) is 43.5 Å². The maximum absolute atomic E-state index is 12.4. The van der Waals surface area contributed by atoms with Crippen molar-refractivity contribution in [1.29, 1.82) is 0 Å². The summed E-state index contributed by atoms with van der Waals surface area (Å²) in [6.07, 6.45) is 3.93. The molecule has 2 rings (SSSR count). The van der Waals surface area contributed by atoms with Crippen molar-refractivity contribution in [3.8, 4) is 5.69 Å². The predicted molar refractivity (Wildman–Crippen MR) is 88.5 cm³/mol. The van der Waals surface area contributed by atoms with Crippen LogP contribution in [0, 0.1) is 12.8 Å². The lowest BCUT2D eigenvalue weighted by Gasteiger charge is -2.29. The number of carbonyl (C=O) groups is 1. The van der Waals surface area contributed by atoms with E-state index >= 15 is 0 Å². The molecule has 0 spiro atoms. The summed E-state index contributed by atoms with van der Waals surface area (Å²) in [5, 5.41) is 17.3. The molecule has 6 heteroatoms. The van der Waals surface area contributed by atoms with Crippen molar-refractivity contribution in [3.63, 3.8) is 0 Å². The Kier molecular flexibility index (Phi) is 5.15. The van der Waals surface area contributed by atoms with E-state index in [2.05, 4.69) is 15.4 Å². The van der Waals surface area contributed by atoms with Gasteiger partial charge in [-0.1, -0.05) is 20.3 Å². The molecule has 0 fully saturated rings. The van der Waals surface area contributed by atoms with Gasteiger partial charge in [0.15, 0.2) is 0 Å². The smallest absolute Gasteiger partial charge is 0.251 e. The van der Waals surface area contributed by atoms with Crippen LogP contribution in [0.2, 0.25) is 0 Å². The molecule has 0 aliphatic carbocycles. The zero-order chi connectivity index (χ0) is 17.0. The third-order valence-electron chi connectivity index (χ3n) is 4.42. The monoisotopic (exact) mass is 316 g/mol. The van der Waals surface area contributed by atoms with Gasteiger partial charge in [-0.2, -0.15) is 5.10 Å². The Balaban J connectivity index is 2.08. The van der Waals surface area contributed by atoms with Crippen LogP contribution in [0.5, 0.6) is 0 Å². The topological polar surface area (TPSA) is 80.0 Å². The third kappa shape index (κ3) is 3.96. The summed E-state index contributed by atoms with van der Waals surface area (Å²) in [6, 6.07) is 5.47. The molecule has 124 valence electrons. The van der Waals surface area contributed by atoms with Gasteiger partial charge >= 0.3 is 0 Å². The number of benzene rings is 1. The fraction of sp³-hybridized carbons (Fsp3) is 0.471. The average molecular weight is 316 g/mol. The van der Waals surface area contributed by atoms with E-state index in [9.17, 15) is 9.90 Å². The number of amides is 1. The lowest BCUT2D eigenvalue weighted by molar-refractivity contribution is 0.00592. The normalized spacial score (nSPS) is 15.0. The fourth-order valence-electron chi connectivity index (χ4n) is 2.36. The second-order valence-corrected chi connectivity index (χ2v) is 6.19. The van der Waals surface area contributed by atoms with Gasteiger partial charge in [-0.25, -0.2) is 9.67 Å². The molecule has 1 aromatic carbocycles. The summed E-state index contributed by atoms with van der Waals surface area (Å²) in [7, 11) is 0. The zero-order valence-electron chi connectivity index (χ0n) is 14.1. The maximum atomic E-state index is 12.4. The first-order chi connectivity index (χ1) is 10.8. The summed E-state index contributed by atoms with van der Waals surface area (Å²) in [6.45, 7) is 7.85. The number of nitrogens with one attached hydrogen (secondary N) is 1. The van der Waals surface area contributed by atoms with Gasteiger partial charge < -0.3 is 10.4 Å². The molecule has 1 aromatic heterocycles. The quantitative estimate of drug-likeness (QED) is 0.855. The molecule has 2 unspecified atom stereocenters. The molecule has 0 radical (unpaired) electrons. The van der Waals surface area contributed by atoms with Gasteiger partial charge in [0.2, 0.25) is 0 Å². The molecular weight excluding hydrogens is 292 g/mol. The zero-order valence-corrected chi connectivity index (χ0v) is 14.1. The van der Waals surface area contributed by atoms with Crippen molar-refractivity contribution in [2.75, 3.05) is 6.54 Å². The van der Waals surface area contributed by atoms with Crippen molar-refractivity contribution in [2.45, 2.75) is 39.7 Å². The summed E-state index contributed by atoms with van der Waals surface area (Å²) in [5.41, 5.74) is 1.37. The summed E-state index contributed by atoms with van der Waals surface area (Å²) >= 11 is 0. The minimum atomic E-state index is -0.918. The van der Waals surface area contributed by atoms with E-state index in [4.69, 9.17) is 0 Å². The summed E-state index contributed by atoms with van der Waals surface area (Å²) in [5.74, 6) is -0.0743. The summed E-state index contributed by atoms with van der Waals surface area (Å²) in [4.78, 5) is 16.3. The minimum absolute atomic E-state index is 0.110. The number of aryl methyl sites for hydroxylation is 1. The van der Waals surface area contributed by atoms with Crippen molar-refractivity contribution in [2.24, 2.45) is 5.92 Å². The third-order valence-corrected chi connectivity index (χ3v) is 4.42. The number of hydrogen-bond donors (Lipinski definition) is 2. The first kappa shape index (κ1) is 17.1. The molecule has 23 heavy (non-hydrogen) atoms. The Morgan fingerprint density at radius 2 is 2.22 bits per heavy atom. The van der Waals surface area contributed by atoms with Crippen LogP contribution in [0.1, 0.15) is 43.1 Å². The lowest BCUT2D eigenvalue weighted by atomic mass is 9.88. The second kappa shape index (κ2) is 6.91. The van der Waals surface area contributed by atoms with Crippen molar-refractivity contribution in [1.82, 2.24) is 20.1 Å². The van der Waals surface area contributed by atoms with Gasteiger partial charge in [0, 0.05) is 12.1 Å². The maximum Gasteiger partial charge on any atom is 0.251 e. The molecular formula is C17H24N4O2. The SMILES string of the molecule is CCC(C)C(C)(O)CNC(=O)c1ccc(-n2cncn2)cc1C. The number of carbonyl (C=O) groups excluding carboxylic acids is 1. The van der Waals surface area contributed by atoms with E-state index < -0.39 is 5.60 Å². The van der Waals surface area contributed by atoms with Gasteiger partial charge in [0.25, 0.3) is 5.91 Å². The number of nitrogens with zero attached hydrogens (tertiary/aromatic N) is 3. The van der Waals surface area contributed by atoms with Crippen molar-refractivity contribution < 1.29 is 9.90 Å². The average Bonchev–Trinajstić information content (AvgIpc) is 3.06. The molecule has 2 atom stereocenters. The van der Waals surface area contributed by atoms with Gasteiger partial charge in [0.1, 0.15) is 12.7 Å². The first-order valence-electron chi connectivity index (χ1n) is 7.81. The van der Waals surface area contributed by atoms with E-state index in [0.717, 1.165) is 17.7 Å². The van der Waals surface area contributed by atoms with Crippen molar-refractivity contribution in [3.05, 3.63) is 42.0 Å². The second-order valence-electron chi connectivity index (χ2n) is 6.19. The van der Waals surface area contributed by atoms with Gasteiger partial charge in [-0.3, -0.25) is 4.79 Å². The molecule has 1 amide bonds. The highest BCUT2D eigenvalue weighted by molar-refractivity contribution is 5.95. The van der Waals surface area contributed by atoms with Crippen LogP contribution in [0.4, 0.5) is 0 Å². The molecule has 6 nitrogen and oxygen atoms in total. The molecule has 0 aliphatic rings. The number of hydrogen-bond acceptors (Lipinski definition) is 4. The highest BCUT2D eigenvalue weighted by Gasteiger charge is 2.27. The van der Waals surface area contributed by atoms with Crippen LogP contribution >= 0.6 is 0 Å². The van der Waals surface area contributed by atoms with E-state index in [-0.39, 0.29) is 18.4 Å². The van der Waals surface area contributed by atoms with E-state index in [1.165, 1.54) is 6.33 Å². The van der Waals surface area contributed by atoms with E-state index in [1.54, 1.807) is 24.0 Å². The highest BCUT2D eigenvalue weighted by Crippen LogP contribution is 2.19. The molecule has 0 saturated heterocycles. The fourth-order valence-corrected chi connectivity index (χ4v) is 2.36. The molecule has 2 aromatic rings. The van der Waals surface area contributed by atoms with Crippen LogP contribution < -0.4 is 5.32 Å². The highest BCUT2D eigenvalue weighted by atomic mass is 16.3. The molecule has 1 heterocycles. The van der Waals surface area contributed by atoms with Crippen LogP contribution in [0.3, 0.4) is 0 Å². The number of rotatable bonds is 6. The van der Waals surface area contributed by atoms with Gasteiger partial charge in [0.05, 0.1) is 11.3 Å². The molecule has 2 N–H and O–H groups in total. The largest absolute Gasteiger partial charge is 0.388 e. The first-order valence-corrected chi connectivity index (χ1v) is 7.81. The minimum Gasteiger partial charge on any atom is -0.388 e. The van der Waals surface area contributed by atoms with Crippen molar-refractivity contribution >= 4 is 5.91 Å². The van der Waals surface area contributed by atoms with Crippen LogP contribution in [0.25, 0.3) is 5.69 Å². The summed E-state index contributed by atoms with van der Waals surface area (Å²) < 4.78 is 1.64. The van der Waals surface area contributed by atoms with Gasteiger partial charge in [-0.15, -0.1) is 0 Å². The molecule has 0 saturated carbocycles. The van der Waals surface area contributed by atoms with Crippen LogP contribution in [-0.2, 0) is 0 Å². The van der Waals surface area contributed by atoms with Crippen LogP contribution in [0.15, 0.2) is 30.9 Å².